The predicted molar refractivity (Wildman–Crippen MR) is 126 cm³/mol. The quantitative estimate of drug-likeness (QED) is 0.390. The van der Waals surface area contributed by atoms with Crippen LogP contribution in [-0.2, 0) is 15.6 Å². The second-order valence-corrected chi connectivity index (χ2v) is 9.87. The van der Waals surface area contributed by atoms with Gasteiger partial charge in [-0.15, -0.1) is 0 Å². The molecule has 0 fully saturated rings. The van der Waals surface area contributed by atoms with E-state index in [0.717, 1.165) is 11.1 Å². The van der Waals surface area contributed by atoms with Gasteiger partial charge in [-0.3, -0.25) is 9.59 Å². The van der Waals surface area contributed by atoms with Crippen LogP contribution in [0.25, 0.3) is 0 Å². The minimum atomic E-state index is -0.211. The molecule has 0 unspecified atom stereocenters. The molecule has 2 rings (SSSR count). The van der Waals surface area contributed by atoms with Crippen LogP contribution in [0.4, 0.5) is 0 Å². The third kappa shape index (κ3) is 6.96. The summed E-state index contributed by atoms with van der Waals surface area (Å²) in [7, 11) is 0. The molecule has 0 spiro atoms. The number of ether oxygens (including phenoxy) is 3. The molecule has 0 aromatic heterocycles. The molecule has 0 aliphatic heterocycles. The first kappa shape index (κ1) is 26.2. The Balaban J connectivity index is 1.89. The van der Waals surface area contributed by atoms with Crippen LogP contribution in [0.1, 0.15) is 73.4 Å². The van der Waals surface area contributed by atoms with E-state index in [2.05, 4.69) is 0 Å². The second-order valence-electron chi connectivity index (χ2n) is 9.87. The molecule has 0 atom stereocenters. The van der Waals surface area contributed by atoms with Gasteiger partial charge in [0.1, 0.15) is 13.2 Å². The minimum Gasteiger partial charge on any atom is -0.504 e. The summed E-state index contributed by atoms with van der Waals surface area (Å²) in [6.07, 6.45) is 1.21. The van der Waals surface area contributed by atoms with Crippen LogP contribution in [0.15, 0.2) is 24.3 Å². The summed E-state index contributed by atoms with van der Waals surface area (Å²) in [6.45, 7) is 12.8. The highest BCUT2D eigenvalue weighted by atomic mass is 16.5. The Labute approximate surface area is 195 Å². The van der Waals surface area contributed by atoms with Crippen LogP contribution >= 0.6 is 0 Å². The zero-order valence-electron chi connectivity index (χ0n) is 20.2. The standard InChI is InChI=1S/C26H34O7/c1-25(2,3)19-11-17(15-27)23(29)21(13-19)32-9-7-31-8-10-33-22-14-20(26(4,5)6)12-18(16-28)24(22)30/h11-16,29-30H,7-10H2,1-6H3. The Morgan fingerprint density at radius 3 is 1.33 bits per heavy atom. The van der Waals surface area contributed by atoms with Gasteiger partial charge in [-0.25, -0.2) is 0 Å². The van der Waals surface area contributed by atoms with Gasteiger partial charge in [-0.1, -0.05) is 41.5 Å². The van der Waals surface area contributed by atoms with Crippen molar-refractivity contribution in [3.8, 4) is 23.0 Å². The Bertz CT molecular complexity index is 902. The molecule has 0 amide bonds. The molecule has 7 heteroatoms. The Morgan fingerprint density at radius 2 is 1.03 bits per heavy atom. The van der Waals surface area contributed by atoms with Crippen molar-refractivity contribution in [3.05, 3.63) is 46.5 Å². The van der Waals surface area contributed by atoms with Crippen molar-refractivity contribution in [1.82, 2.24) is 0 Å². The number of rotatable bonds is 10. The van der Waals surface area contributed by atoms with Gasteiger partial charge in [0.05, 0.1) is 24.3 Å². The summed E-state index contributed by atoms with van der Waals surface area (Å²) in [4.78, 5) is 22.5. The molecule has 2 aromatic rings. The van der Waals surface area contributed by atoms with Gasteiger partial charge in [-0.2, -0.15) is 0 Å². The Kier molecular flexibility index (Phi) is 8.50. The molecule has 0 heterocycles. The van der Waals surface area contributed by atoms with E-state index in [0.29, 0.717) is 12.6 Å². The second kappa shape index (κ2) is 10.7. The maximum Gasteiger partial charge on any atom is 0.168 e. The van der Waals surface area contributed by atoms with E-state index in [1.54, 1.807) is 24.3 Å². The Hall–Kier alpha value is -3.06. The molecule has 33 heavy (non-hydrogen) atoms. The molecule has 0 saturated carbocycles. The molecular weight excluding hydrogens is 424 g/mol. The highest BCUT2D eigenvalue weighted by Gasteiger charge is 2.20. The number of aldehydes is 2. The fraction of sp³-hybridized carbons (Fsp3) is 0.462. The smallest absolute Gasteiger partial charge is 0.168 e. The van der Waals surface area contributed by atoms with Crippen LogP contribution in [0.3, 0.4) is 0 Å². The van der Waals surface area contributed by atoms with Gasteiger partial charge >= 0.3 is 0 Å². The summed E-state index contributed by atoms with van der Waals surface area (Å²) in [6, 6.07) is 6.76. The molecule has 180 valence electrons. The minimum absolute atomic E-state index is 0.166. The fourth-order valence-corrected chi connectivity index (χ4v) is 3.05. The van der Waals surface area contributed by atoms with E-state index in [4.69, 9.17) is 14.2 Å². The summed E-state index contributed by atoms with van der Waals surface area (Å²) < 4.78 is 16.8. The van der Waals surface area contributed by atoms with Crippen molar-refractivity contribution in [2.45, 2.75) is 52.4 Å². The summed E-state index contributed by atoms with van der Waals surface area (Å²) >= 11 is 0. The third-order valence-corrected chi connectivity index (χ3v) is 5.17. The van der Waals surface area contributed by atoms with E-state index in [-0.39, 0.29) is 71.4 Å². The summed E-state index contributed by atoms with van der Waals surface area (Å²) in [5.41, 5.74) is 1.68. The SMILES string of the molecule is CC(C)(C)c1cc(C=O)c(O)c(OCCOCCOc2cc(C(C)(C)C)cc(C=O)c2O)c1. The van der Waals surface area contributed by atoms with Gasteiger partial charge in [0, 0.05) is 0 Å². The average Bonchev–Trinajstić information content (AvgIpc) is 2.73. The van der Waals surface area contributed by atoms with Crippen LogP contribution in [0.2, 0.25) is 0 Å². The molecule has 2 aromatic carbocycles. The lowest BCUT2D eigenvalue weighted by Crippen LogP contribution is -2.15. The normalized spacial score (nSPS) is 11.8. The van der Waals surface area contributed by atoms with Crippen LogP contribution in [0, 0.1) is 0 Å². The fourth-order valence-electron chi connectivity index (χ4n) is 3.05. The number of carbonyl (C=O) groups is 2. The van der Waals surface area contributed by atoms with Crippen molar-refractivity contribution < 1.29 is 34.0 Å². The maximum atomic E-state index is 11.3. The van der Waals surface area contributed by atoms with Gasteiger partial charge < -0.3 is 24.4 Å². The van der Waals surface area contributed by atoms with Crippen LogP contribution in [0.5, 0.6) is 23.0 Å². The molecule has 7 nitrogen and oxygen atoms in total. The average molecular weight is 459 g/mol. The molecule has 2 N–H and O–H groups in total. The van der Waals surface area contributed by atoms with Crippen LogP contribution in [-0.4, -0.2) is 49.2 Å². The van der Waals surface area contributed by atoms with Gasteiger partial charge in [0.2, 0.25) is 0 Å². The number of phenols is 2. The molecule has 0 saturated heterocycles. The van der Waals surface area contributed by atoms with Crippen LogP contribution < -0.4 is 9.47 Å². The van der Waals surface area contributed by atoms with Crippen molar-refractivity contribution in [1.29, 1.82) is 0 Å². The van der Waals surface area contributed by atoms with E-state index >= 15 is 0 Å². The van der Waals surface area contributed by atoms with Gasteiger partial charge in [-0.05, 0) is 46.2 Å². The number of aromatic hydroxyl groups is 2. The van der Waals surface area contributed by atoms with Gasteiger partial charge in [0.25, 0.3) is 0 Å². The van der Waals surface area contributed by atoms with Crippen molar-refractivity contribution in [2.24, 2.45) is 0 Å². The van der Waals surface area contributed by atoms with E-state index in [1.165, 1.54) is 0 Å². The number of phenolic OH excluding ortho intramolecular Hbond substituents is 2. The Morgan fingerprint density at radius 1 is 0.667 bits per heavy atom. The largest absolute Gasteiger partial charge is 0.504 e. The number of hydrogen-bond acceptors (Lipinski definition) is 7. The third-order valence-electron chi connectivity index (χ3n) is 5.17. The number of hydrogen-bond donors (Lipinski definition) is 2. The number of carbonyl (C=O) groups excluding carboxylic acids is 2. The first-order valence-electron chi connectivity index (χ1n) is 10.9. The molecule has 0 radical (unpaired) electrons. The molecule has 0 aliphatic rings. The monoisotopic (exact) mass is 458 g/mol. The molecule has 0 bridgehead atoms. The summed E-state index contributed by atoms with van der Waals surface area (Å²) in [5.74, 6) is 0.0763. The maximum absolute atomic E-state index is 11.3. The molecule has 0 aliphatic carbocycles. The van der Waals surface area contributed by atoms with Crippen molar-refractivity contribution in [3.63, 3.8) is 0 Å². The van der Waals surface area contributed by atoms with E-state index in [1.807, 2.05) is 41.5 Å². The lowest BCUT2D eigenvalue weighted by Gasteiger charge is -2.21. The first-order chi connectivity index (χ1) is 15.4. The van der Waals surface area contributed by atoms with E-state index in [9.17, 15) is 19.8 Å². The zero-order valence-corrected chi connectivity index (χ0v) is 20.2. The number of benzene rings is 2. The van der Waals surface area contributed by atoms with Crippen molar-refractivity contribution >= 4 is 12.6 Å². The zero-order chi connectivity index (χ0) is 24.8. The van der Waals surface area contributed by atoms with Gasteiger partial charge in [0.15, 0.2) is 35.6 Å². The first-order valence-corrected chi connectivity index (χ1v) is 10.9. The highest BCUT2D eigenvalue weighted by molar-refractivity contribution is 5.82. The lowest BCUT2D eigenvalue weighted by molar-refractivity contribution is 0.0749. The lowest BCUT2D eigenvalue weighted by atomic mass is 9.86. The molecular formula is C26H34O7. The topological polar surface area (TPSA) is 102 Å². The highest BCUT2D eigenvalue weighted by Crippen LogP contribution is 2.36. The van der Waals surface area contributed by atoms with E-state index < -0.39 is 0 Å². The van der Waals surface area contributed by atoms with Crippen molar-refractivity contribution in [2.75, 3.05) is 26.4 Å². The summed E-state index contributed by atoms with van der Waals surface area (Å²) in [5, 5.41) is 20.5. The predicted octanol–water partition coefficient (Wildman–Crippen LogP) is 4.79.